The highest BCUT2D eigenvalue weighted by atomic mass is 35.6. The first-order chi connectivity index (χ1) is 19.8. The summed E-state index contributed by atoms with van der Waals surface area (Å²) < 4.78 is 33.6. The summed E-state index contributed by atoms with van der Waals surface area (Å²) in [6, 6.07) is 28.4. The lowest BCUT2D eigenvalue weighted by atomic mass is 9.97. The summed E-state index contributed by atoms with van der Waals surface area (Å²) in [5.74, 6) is -1.44. The van der Waals surface area contributed by atoms with Crippen LogP contribution in [-0.4, -0.2) is 53.5 Å². The Balaban J connectivity index is 1.70. The Morgan fingerprint density at radius 3 is 1.56 bits per heavy atom. The quantitative estimate of drug-likeness (QED) is 0.121. The molecule has 0 spiro atoms. The van der Waals surface area contributed by atoms with Crippen molar-refractivity contribution in [2.75, 3.05) is 7.11 Å². The molecule has 0 bridgehead atoms. The van der Waals surface area contributed by atoms with E-state index in [1.807, 2.05) is 91.0 Å². The first-order valence-electron chi connectivity index (χ1n) is 12.8. The summed E-state index contributed by atoms with van der Waals surface area (Å²) in [5, 5.41) is 8.18. The Kier molecular flexibility index (Phi) is 11.4. The molecule has 1 heterocycles. The van der Waals surface area contributed by atoms with E-state index in [0.29, 0.717) is 0 Å². The number of benzene rings is 3. The Bertz CT molecular complexity index is 1250. The molecule has 41 heavy (non-hydrogen) atoms. The maximum atomic E-state index is 13.0. The fourth-order valence-electron chi connectivity index (χ4n) is 4.24. The average Bonchev–Trinajstić information content (AvgIpc) is 2.99. The number of alkyl halides is 3. The van der Waals surface area contributed by atoms with Gasteiger partial charge in [-0.1, -0.05) is 126 Å². The number of nitrogens with one attached hydrogen (secondary N) is 1. The third-order valence-electron chi connectivity index (χ3n) is 6.28. The van der Waals surface area contributed by atoms with Crippen molar-refractivity contribution in [2.24, 2.45) is 0 Å². The molecule has 5 atom stereocenters. The van der Waals surface area contributed by atoms with Gasteiger partial charge in [-0.15, -0.1) is 0 Å². The maximum Gasteiger partial charge on any atom is 0.338 e. The SMILES string of the molecule is COC(=O)C1OC(OC(=N)C(Cl)(Cl)Cl)C(OCc2ccccc2)C(OCc2ccccc2)C1OCc1ccccc1. The molecule has 8 nitrogen and oxygen atoms in total. The van der Waals surface area contributed by atoms with E-state index < -0.39 is 46.4 Å². The Labute approximate surface area is 253 Å². The molecule has 0 aromatic heterocycles. The minimum absolute atomic E-state index is 0.134. The predicted octanol–water partition coefficient (Wildman–Crippen LogP) is 6.00. The molecular weight excluding hydrogens is 593 g/mol. The third kappa shape index (κ3) is 8.90. The molecule has 1 saturated heterocycles. The minimum atomic E-state index is -2.19. The van der Waals surface area contributed by atoms with Crippen molar-refractivity contribution in [2.45, 2.75) is 54.3 Å². The zero-order valence-corrected chi connectivity index (χ0v) is 24.4. The van der Waals surface area contributed by atoms with Crippen LogP contribution in [0.2, 0.25) is 0 Å². The van der Waals surface area contributed by atoms with Gasteiger partial charge in [-0.05, 0) is 16.7 Å². The molecule has 4 rings (SSSR count). The normalized spacial score (nSPS) is 22.6. The van der Waals surface area contributed by atoms with Gasteiger partial charge in [-0.3, -0.25) is 5.41 Å². The molecule has 0 radical (unpaired) electrons. The summed E-state index contributed by atoms with van der Waals surface area (Å²) in [7, 11) is 1.23. The van der Waals surface area contributed by atoms with Gasteiger partial charge in [0.2, 0.25) is 12.2 Å². The van der Waals surface area contributed by atoms with Crippen LogP contribution in [0.15, 0.2) is 91.0 Å². The molecule has 1 aliphatic rings. The number of hydrogen-bond acceptors (Lipinski definition) is 8. The third-order valence-corrected chi connectivity index (χ3v) is 6.79. The van der Waals surface area contributed by atoms with Crippen molar-refractivity contribution in [3.63, 3.8) is 0 Å². The first kappa shape index (κ1) is 31.3. The molecule has 218 valence electrons. The van der Waals surface area contributed by atoms with Crippen LogP contribution in [0.3, 0.4) is 0 Å². The number of halogens is 3. The number of methoxy groups -OCH3 is 1. The van der Waals surface area contributed by atoms with Gasteiger partial charge in [-0.25, -0.2) is 4.79 Å². The van der Waals surface area contributed by atoms with E-state index in [-0.39, 0.29) is 19.8 Å². The van der Waals surface area contributed by atoms with Gasteiger partial charge in [0.25, 0.3) is 3.79 Å². The lowest BCUT2D eigenvalue weighted by Gasteiger charge is -2.44. The van der Waals surface area contributed by atoms with Gasteiger partial charge in [0, 0.05) is 0 Å². The lowest BCUT2D eigenvalue weighted by molar-refractivity contribution is -0.305. The van der Waals surface area contributed by atoms with E-state index in [9.17, 15) is 4.79 Å². The number of ether oxygens (including phenoxy) is 6. The van der Waals surface area contributed by atoms with Crippen molar-refractivity contribution in [1.29, 1.82) is 5.41 Å². The van der Waals surface area contributed by atoms with E-state index in [1.165, 1.54) is 7.11 Å². The molecule has 3 aromatic carbocycles. The maximum absolute atomic E-state index is 13.0. The van der Waals surface area contributed by atoms with Gasteiger partial charge in [-0.2, -0.15) is 0 Å². The van der Waals surface area contributed by atoms with Crippen molar-refractivity contribution in [3.05, 3.63) is 108 Å². The fraction of sp³-hybridized carbons (Fsp3) is 0.333. The summed E-state index contributed by atoms with van der Waals surface area (Å²) in [6.45, 7) is 0.439. The highest BCUT2D eigenvalue weighted by Gasteiger charge is 2.53. The fourth-order valence-corrected chi connectivity index (χ4v) is 4.38. The monoisotopic (exact) mass is 621 g/mol. The summed E-state index contributed by atoms with van der Waals surface area (Å²) >= 11 is 17.7. The van der Waals surface area contributed by atoms with E-state index in [2.05, 4.69) is 0 Å². The number of carbonyl (C=O) groups is 1. The molecule has 3 aromatic rings. The van der Waals surface area contributed by atoms with E-state index in [0.717, 1.165) is 16.7 Å². The van der Waals surface area contributed by atoms with Crippen molar-refractivity contribution >= 4 is 46.7 Å². The Morgan fingerprint density at radius 2 is 1.15 bits per heavy atom. The van der Waals surface area contributed by atoms with E-state index >= 15 is 0 Å². The van der Waals surface area contributed by atoms with E-state index in [1.54, 1.807) is 0 Å². The molecular formula is C30H30Cl3NO7. The zero-order valence-electron chi connectivity index (χ0n) is 22.2. The first-order valence-corrected chi connectivity index (χ1v) is 13.9. The molecule has 0 amide bonds. The van der Waals surface area contributed by atoms with Gasteiger partial charge in [0.1, 0.15) is 18.3 Å². The second-order valence-corrected chi connectivity index (χ2v) is 11.5. The number of esters is 1. The summed E-state index contributed by atoms with van der Waals surface area (Å²) in [6.07, 6.45) is -5.64. The predicted molar refractivity (Wildman–Crippen MR) is 155 cm³/mol. The number of hydrogen-bond donors (Lipinski definition) is 1. The molecule has 5 unspecified atom stereocenters. The van der Waals surface area contributed by atoms with Crippen molar-refractivity contribution in [1.82, 2.24) is 0 Å². The highest BCUT2D eigenvalue weighted by Crippen LogP contribution is 2.34. The number of rotatable bonds is 11. The molecule has 0 saturated carbocycles. The lowest BCUT2D eigenvalue weighted by Crippen LogP contribution is -2.63. The van der Waals surface area contributed by atoms with Crippen LogP contribution < -0.4 is 0 Å². The van der Waals surface area contributed by atoms with Crippen LogP contribution in [0.25, 0.3) is 0 Å². The Hall–Kier alpha value is -2.69. The van der Waals surface area contributed by atoms with Crippen molar-refractivity contribution in [3.8, 4) is 0 Å². The second-order valence-electron chi connectivity index (χ2n) is 9.18. The molecule has 1 aliphatic heterocycles. The van der Waals surface area contributed by atoms with Gasteiger partial charge in [0.15, 0.2) is 6.10 Å². The number of carbonyl (C=O) groups excluding carboxylic acids is 1. The molecule has 1 N–H and O–H groups in total. The average molecular weight is 623 g/mol. The van der Waals surface area contributed by atoms with Crippen molar-refractivity contribution < 1.29 is 33.2 Å². The van der Waals surface area contributed by atoms with Crippen LogP contribution in [0.5, 0.6) is 0 Å². The zero-order chi connectivity index (χ0) is 29.2. The highest BCUT2D eigenvalue weighted by molar-refractivity contribution is 6.76. The minimum Gasteiger partial charge on any atom is -0.467 e. The van der Waals surface area contributed by atoms with Gasteiger partial charge in [0.05, 0.1) is 26.9 Å². The second kappa shape index (κ2) is 15.0. The van der Waals surface area contributed by atoms with Crippen LogP contribution in [0.4, 0.5) is 0 Å². The van der Waals surface area contributed by atoms with Crippen LogP contribution in [0, 0.1) is 5.41 Å². The van der Waals surface area contributed by atoms with Gasteiger partial charge >= 0.3 is 5.97 Å². The van der Waals surface area contributed by atoms with Crippen LogP contribution in [-0.2, 0) is 53.0 Å². The van der Waals surface area contributed by atoms with E-state index in [4.69, 9.17) is 68.6 Å². The van der Waals surface area contributed by atoms with Crippen LogP contribution in [0.1, 0.15) is 16.7 Å². The molecule has 0 aliphatic carbocycles. The summed E-state index contributed by atoms with van der Waals surface area (Å²) in [5.41, 5.74) is 2.61. The largest absolute Gasteiger partial charge is 0.467 e. The standard InChI is InChI=1S/C30H30Cl3NO7/c1-36-27(35)25-23(37-17-20-11-5-2-6-12-20)24(38-18-21-13-7-3-8-14-21)26(39-19-22-15-9-4-10-16-22)28(40-25)41-29(34)30(31,32)33/h2-16,23-26,28,34H,17-19H2,1H3. The summed E-state index contributed by atoms with van der Waals surface area (Å²) in [4.78, 5) is 13.0. The Morgan fingerprint density at radius 1 is 0.732 bits per heavy atom. The molecule has 11 heteroatoms. The molecule has 1 fully saturated rings. The smallest absolute Gasteiger partial charge is 0.338 e. The van der Waals surface area contributed by atoms with Gasteiger partial charge < -0.3 is 28.4 Å². The van der Waals surface area contributed by atoms with Crippen LogP contribution >= 0.6 is 34.8 Å². The topological polar surface area (TPSA) is 96.3 Å².